The molecule has 2 saturated heterocycles. The highest BCUT2D eigenvalue weighted by Crippen LogP contribution is 2.35. The quantitative estimate of drug-likeness (QED) is 0.502. The van der Waals surface area contributed by atoms with E-state index >= 15 is 0 Å². The SMILES string of the molecule is CC1(C)O[C@H]2O[C@@H](CO)[C@@H](O)[C@@H](O)[C@H]2O1. The van der Waals surface area contributed by atoms with Crippen molar-refractivity contribution in [2.75, 3.05) is 6.61 Å². The molecule has 0 radical (unpaired) electrons. The van der Waals surface area contributed by atoms with Crippen molar-refractivity contribution in [2.45, 2.75) is 50.3 Å². The van der Waals surface area contributed by atoms with Crippen LogP contribution in [-0.4, -0.2) is 58.4 Å². The van der Waals surface area contributed by atoms with Gasteiger partial charge in [0.2, 0.25) is 0 Å². The van der Waals surface area contributed by atoms with Gasteiger partial charge in [0.05, 0.1) is 6.61 Å². The van der Waals surface area contributed by atoms with Gasteiger partial charge in [-0.25, -0.2) is 0 Å². The second kappa shape index (κ2) is 3.65. The van der Waals surface area contributed by atoms with Gasteiger partial charge in [-0.2, -0.15) is 0 Å². The number of ether oxygens (including phenoxy) is 3. The molecule has 0 bridgehead atoms. The molecule has 0 aliphatic carbocycles. The number of hydrogen-bond donors (Lipinski definition) is 3. The Morgan fingerprint density at radius 3 is 2.40 bits per heavy atom. The van der Waals surface area contributed by atoms with Crippen molar-refractivity contribution >= 4 is 0 Å². The number of aliphatic hydroxyl groups excluding tert-OH is 3. The summed E-state index contributed by atoms with van der Waals surface area (Å²) in [5.74, 6) is -0.847. The van der Waals surface area contributed by atoms with Crippen LogP contribution in [0.4, 0.5) is 0 Å². The lowest BCUT2D eigenvalue weighted by Crippen LogP contribution is -2.57. The average molecular weight is 220 g/mol. The van der Waals surface area contributed by atoms with Crippen LogP contribution in [0.3, 0.4) is 0 Å². The molecule has 2 fully saturated rings. The van der Waals surface area contributed by atoms with Crippen LogP contribution in [0.15, 0.2) is 0 Å². The van der Waals surface area contributed by atoms with Crippen molar-refractivity contribution in [3.8, 4) is 0 Å². The first kappa shape index (κ1) is 11.3. The van der Waals surface area contributed by atoms with Gasteiger partial charge in [-0.15, -0.1) is 0 Å². The van der Waals surface area contributed by atoms with Crippen molar-refractivity contribution in [2.24, 2.45) is 0 Å². The monoisotopic (exact) mass is 220 g/mol. The van der Waals surface area contributed by atoms with Gasteiger partial charge in [0, 0.05) is 0 Å². The highest BCUT2D eigenvalue weighted by molar-refractivity contribution is 4.93. The summed E-state index contributed by atoms with van der Waals surface area (Å²) < 4.78 is 16.0. The fourth-order valence-electron chi connectivity index (χ4n) is 1.91. The molecule has 0 aromatic heterocycles. The van der Waals surface area contributed by atoms with E-state index in [9.17, 15) is 10.2 Å². The lowest BCUT2D eigenvalue weighted by atomic mass is 9.99. The van der Waals surface area contributed by atoms with E-state index in [1.165, 1.54) is 0 Å². The van der Waals surface area contributed by atoms with Gasteiger partial charge in [0.1, 0.15) is 24.4 Å². The molecule has 2 rings (SSSR count). The van der Waals surface area contributed by atoms with Gasteiger partial charge in [-0.1, -0.05) is 0 Å². The summed E-state index contributed by atoms with van der Waals surface area (Å²) in [7, 11) is 0. The van der Waals surface area contributed by atoms with E-state index in [2.05, 4.69) is 0 Å². The molecule has 2 aliphatic heterocycles. The van der Waals surface area contributed by atoms with E-state index in [0.717, 1.165) is 0 Å². The average Bonchev–Trinajstić information content (AvgIpc) is 2.47. The Labute approximate surface area is 87.4 Å². The molecular formula is C9H16O6. The zero-order chi connectivity index (χ0) is 11.2. The highest BCUT2D eigenvalue weighted by Gasteiger charge is 2.53. The van der Waals surface area contributed by atoms with Crippen LogP contribution in [0.1, 0.15) is 13.8 Å². The van der Waals surface area contributed by atoms with E-state index in [1.54, 1.807) is 13.8 Å². The largest absolute Gasteiger partial charge is 0.394 e. The predicted molar refractivity (Wildman–Crippen MR) is 47.8 cm³/mol. The minimum absolute atomic E-state index is 0.370. The summed E-state index contributed by atoms with van der Waals surface area (Å²) in [5.41, 5.74) is 0. The van der Waals surface area contributed by atoms with Gasteiger partial charge in [-0.3, -0.25) is 0 Å². The van der Waals surface area contributed by atoms with E-state index < -0.39 is 36.5 Å². The number of rotatable bonds is 1. The molecule has 6 heteroatoms. The Morgan fingerprint density at radius 2 is 1.80 bits per heavy atom. The number of hydrogen-bond acceptors (Lipinski definition) is 6. The maximum absolute atomic E-state index is 9.74. The normalized spacial score (nSPS) is 49.0. The van der Waals surface area contributed by atoms with Crippen molar-refractivity contribution in [3.63, 3.8) is 0 Å². The molecule has 2 aliphatic rings. The summed E-state index contributed by atoms with van der Waals surface area (Å²) in [6.07, 6.45) is -4.55. The van der Waals surface area contributed by atoms with Gasteiger partial charge in [0.25, 0.3) is 0 Å². The first-order chi connectivity index (χ1) is 6.94. The minimum atomic E-state index is -1.16. The van der Waals surface area contributed by atoms with Crippen molar-refractivity contribution in [1.29, 1.82) is 0 Å². The van der Waals surface area contributed by atoms with Gasteiger partial charge >= 0.3 is 0 Å². The number of aliphatic hydroxyl groups is 3. The summed E-state index contributed by atoms with van der Waals surface area (Å²) >= 11 is 0. The molecule has 6 nitrogen and oxygen atoms in total. The Kier molecular flexibility index (Phi) is 2.74. The molecule has 0 saturated carbocycles. The molecule has 0 amide bonds. The van der Waals surface area contributed by atoms with Gasteiger partial charge < -0.3 is 29.5 Å². The third-order valence-corrected chi connectivity index (χ3v) is 2.64. The Bertz CT molecular complexity index is 243. The minimum Gasteiger partial charge on any atom is -0.394 e. The number of fused-ring (bicyclic) bond motifs is 1. The van der Waals surface area contributed by atoms with Gasteiger partial charge in [0.15, 0.2) is 12.1 Å². The van der Waals surface area contributed by atoms with Crippen LogP contribution < -0.4 is 0 Å². The van der Waals surface area contributed by atoms with E-state index in [4.69, 9.17) is 19.3 Å². The fraction of sp³-hybridized carbons (Fsp3) is 1.00. The van der Waals surface area contributed by atoms with E-state index in [-0.39, 0.29) is 6.61 Å². The summed E-state index contributed by atoms with van der Waals surface area (Å²) in [6, 6.07) is 0. The lowest BCUT2D eigenvalue weighted by Gasteiger charge is -2.36. The first-order valence-corrected chi connectivity index (χ1v) is 4.93. The van der Waals surface area contributed by atoms with Crippen molar-refractivity contribution < 1.29 is 29.5 Å². The second-order valence-corrected chi connectivity index (χ2v) is 4.31. The smallest absolute Gasteiger partial charge is 0.190 e. The van der Waals surface area contributed by atoms with E-state index in [0.29, 0.717) is 0 Å². The van der Waals surface area contributed by atoms with Crippen LogP contribution in [-0.2, 0) is 14.2 Å². The molecule has 3 N–H and O–H groups in total. The van der Waals surface area contributed by atoms with Crippen LogP contribution in [0, 0.1) is 0 Å². The molecular weight excluding hydrogens is 204 g/mol. The van der Waals surface area contributed by atoms with Crippen LogP contribution in [0.5, 0.6) is 0 Å². The molecule has 5 atom stereocenters. The third-order valence-electron chi connectivity index (χ3n) is 2.64. The molecule has 2 heterocycles. The van der Waals surface area contributed by atoms with Crippen LogP contribution >= 0.6 is 0 Å². The van der Waals surface area contributed by atoms with E-state index in [1.807, 2.05) is 0 Å². The molecule has 88 valence electrons. The summed E-state index contributed by atoms with van der Waals surface area (Å²) in [6.45, 7) is 3.02. The van der Waals surface area contributed by atoms with Gasteiger partial charge in [-0.05, 0) is 13.8 Å². The maximum Gasteiger partial charge on any atom is 0.190 e. The second-order valence-electron chi connectivity index (χ2n) is 4.31. The third kappa shape index (κ3) is 1.89. The lowest BCUT2D eigenvalue weighted by molar-refractivity contribution is -0.256. The topological polar surface area (TPSA) is 88.4 Å². The summed E-state index contributed by atoms with van der Waals surface area (Å²) in [4.78, 5) is 0. The molecule has 0 aromatic carbocycles. The summed E-state index contributed by atoms with van der Waals surface area (Å²) in [5, 5.41) is 28.3. The standard InChI is InChI=1S/C9H16O6/c1-9(2)14-7-6(12)5(11)4(3-10)13-8(7)15-9/h4-8,10-12H,3H2,1-2H3/t4-,5+,6+,7+,8+/m0/s1. The highest BCUT2D eigenvalue weighted by atomic mass is 16.8. The zero-order valence-electron chi connectivity index (χ0n) is 8.66. The maximum atomic E-state index is 9.74. The Hall–Kier alpha value is -0.240. The molecule has 0 aromatic rings. The van der Waals surface area contributed by atoms with Crippen LogP contribution in [0.2, 0.25) is 0 Å². The molecule has 0 spiro atoms. The van der Waals surface area contributed by atoms with Crippen molar-refractivity contribution in [3.05, 3.63) is 0 Å². The van der Waals surface area contributed by atoms with Crippen LogP contribution in [0.25, 0.3) is 0 Å². The molecule has 15 heavy (non-hydrogen) atoms. The van der Waals surface area contributed by atoms with Crippen molar-refractivity contribution in [1.82, 2.24) is 0 Å². The first-order valence-electron chi connectivity index (χ1n) is 4.93. The molecule has 0 unspecified atom stereocenters. The Morgan fingerprint density at radius 1 is 1.13 bits per heavy atom. The fourth-order valence-corrected chi connectivity index (χ4v) is 1.91. The Balaban J connectivity index is 2.13. The zero-order valence-corrected chi connectivity index (χ0v) is 8.66. The predicted octanol–water partition coefficient (Wildman–Crippen LogP) is -1.42.